The first-order valence-electron chi connectivity index (χ1n) is 6.80. The van der Waals surface area contributed by atoms with Crippen molar-refractivity contribution < 1.29 is 14.3 Å². The molecule has 1 aliphatic heterocycles. The molecule has 0 radical (unpaired) electrons. The van der Waals surface area contributed by atoms with Crippen molar-refractivity contribution in [3.8, 4) is 0 Å². The van der Waals surface area contributed by atoms with Gasteiger partial charge in [0, 0.05) is 32.7 Å². The minimum Gasteiger partial charge on any atom is -0.469 e. The SMILES string of the molecule is CCNC(=NCCC(=O)OC)N1CCC(COC)C1.I. The highest BCUT2D eigenvalue weighted by Gasteiger charge is 2.24. The van der Waals surface area contributed by atoms with Crippen LogP contribution in [-0.4, -0.2) is 63.8 Å². The van der Waals surface area contributed by atoms with Crippen LogP contribution in [0.5, 0.6) is 0 Å². The van der Waals surface area contributed by atoms with Crippen molar-refractivity contribution in [2.75, 3.05) is 47.0 Å². The summed E-state index contributed by atoms with van der Waals surface area (Å²) in [5.41, 5.74) is 0. The average Bonchev–Trinajstić information content (AvgIpc) is 2.86. The van der Waals surface area contributed by atoms with Crippen molar-refractivity contribution in [1.82, 2.24) is 10.2 Å². The van der Waals surface area contributed by atoms with Gasteiger partial charge in [-0.25, -0.2) is 0 Å². The van der Waals surface area contributed by atoms with Crippen LogP contribution in [0.25, 0.3) is 0 Å². The lowest BCUT2D eigenvalue weighted by atomic mass is 10.1. The third-order valence-corrected chi connectivity index (χ3v) is 3.13. The Hall–Kier alpha value is -0.570. The van der Waals surface area contributed by atoms with E-state index in [2.05, 4.69) is 19.9 Å². The van der Waals surface area contributed by atoms with Crippen LogP contribution in [0.4, 0.5) is 0 Å². The summed E-state index contributed by atoms with van der Waals surface area (Å²) in [5.74, 6) is 1.22. The lowest BCUT2D eigenvalue weighted by molar-refractivity contribution is -0.140. The molecule has 1 aliphatic rings. The largest absolute Gasteiger partial charge is 0.469 e. The summed E-state index contributed by atoms with van der Waals surface area (Å²) in [7, 11) is 3.13. The number of halogens is 1. The Morgan fingerprint density at radius 2 is 2.20 bits per heavy atom. The fourth-order valence-electron chi connectivity index (χ4n) is 2.18. The smallest absolute Gasteiger partial charge is 0.307 e. The van der Waals surface area contributed by atoms with Crippen LogP contribution in [-0.2, 0) is 14.3 Å². The number of aliphatic imine (C=N–C) groups is 1. The van der Waals surface area contributed by atoms with Crippen molar-refractivity contribution in [3.05, 3.63) is 0 Å². The molecule has 1 fully saturated rings. The molecule has 0 amide bonds. The molecule has 1 N–H and O–H groups in total. The molecule has 7 heteroatoms. The second kappa shape index (κ2) is 11.1. The van der Waals surface area contributed by atoms with Gasteiger partial charge in [0.2, 0.25) is 0 Å². The number of ether oxygens (including phenoxy) is 2. The molecular formula is C13H26IN3O3. The Balaban J connectivity index is 0.00000361. The van der Waals surface area contributed by atoms with Crippen LogP contribution >= 0.6 is 24.0 Å². The molecule has 1 rings (SSSR count). The second-order valence-corrected chi connectivity index (χ2v) is 4.62. The summed E-state index contributed by atoms with van der Waals surface area (Å²) in [6.45, 7) is 6.05. The fourth-order valence-corrected chi connectivity index (χ4v) is 2.18. The quantitative estimate of drug-likeness (QED) is 0.314. The van der Waals surface area contributed by atoms with Gasteiger partial charge in [0.05, 0.1) is 26.7 Å². The lowest BCUT2D eigenvalue weighted by Gasteiger charge is -2.21. The minimum absolute atomic E-state index is 0. The van der Waals surface area contributed by atoms with Crippen molar-refractivity contribution in [2.24, 2.45) is 10.9 Å². The first-order valence-corrected chi connectivity index (χ1v) is 6.80. The Morgan fingerprint density at radius 3 is 2.80 bits per heavy atom. The number of methoxy groups -OCH3 is 2. The van der Waals surface area contributed by atoms with Gasteiger partial charge in [0.25, 0.3) is 0 Å². The molecule has 0 bridgehead atoms. The van der Waals surface area contributed by atoms with Gasteiger partial charge in [-0.05, 0) is 13.3 Å². The summed E-state index contributed by atoms with van der Waals surface area (Å²) < 4.78 is 9.80. The summed E-state index contributed by atoms with van der Waals surface area (Å²) in [6.07, 6.45) is 1.44. The maximum absolute atomic E-state index is 11.1. The molecule has 1 saturated heterocycles. The number of guanidine groups is 1. The van der Waals surface area contributed by atoms with E-state index in [0.717, 1.165) is 38.6 Å². The van der Waals surface area contributed by atoms with Crippen molar-refractivity contribution in [2.45, 2.75) is 19.8 Å². The van der Waals surface area contributed by atoms with E-state index in [9.17, 15) is 4.79 Å². The van der Waals surface area contributed by atoms with E-state index in [0.29, 0.717) is 18.9 Å². The average molecular weight is 399 g/mol. The van der Waals surface area contributed by atoms with Crippen molar-refractivity contribution >= 4 is 35.9 Å². The fraction of sp³-hybridized carbons (Fsp3) is 0.846. The normalized spacial score (nSPS) is 18.6. The molecule has 1 unspecified atom stereocenters. The lowest BCUT2D eigenvalue weighted by Crippen LogP contribution is -2.40. The first-order chi connectivity index (χ1) is 9.21. The molecule has 0 aromatic carbocycles. The molecule has 118 valence electrons. The standard InChI is InChI=1S/C13H25N3O3.HI/c1-4-14-13(15-7-5-12(17)19-3)16-8-6-11(9-16)10-18-2;/h11H,4-10H2,1-3H3,(H,14,15);1H. The molecule has 20 heavy (non-hydrogen) atoms. The van der Waals surface area contributed by atoms with E-state index in [1.807, 2.05) is 6.92 Å². The monoisotopic (exact) mass is 399 g/mol. The Kier molecular flexibility index (Phi) is 10.8. The van der Waals surface area contributed by atoms with Crippen LogP contribution < -0.4 is 5.32 Å². The zero-order valence-corrected chi connectivity index (χ0v) is 14.9. The topological polar surface area (TPSA) is 63.2 Å². The Labute approximate surface area is 138 Å². The third-order valence-electron chi connectivity index (χ3n) is 3.13. The number of carbonyl (C=O) groups is 1. The molecule has 0 spiro atoms. The van der Waals surface area contributed by atoms with E-state index in [1.165, 1.54) is 7.11 Å². The van der Waals surface area contributed by atoms with Crippen LogP contribution in [0.2, 0.25) is 0 Å². The number of rotatable bonds is 6. The van der Waals surface area contributed by atoms with Gasteiger partial charge >= 0.3 is 5.97 Å². The zero-order valence-electron chi connectivity index (χ0n) is 12.6. The molecule has 1 atom stereocenters. The van der Waals surface area contributed by atoms with Gasteiger partial charge in [-0.15, -0.1) is 24.0 Å². The number of esters is 1. The number of hydrogen-bond acceptors (Lipinski definition) is 4. The van der Waals surface area contributed by atoms with E-state index in [4.69, 9.17) is 4.74 Å². The van der Waals surface area contributed by atoms with Crippen molar-refractivity contribution in [1.29, 1.82) is 0 Å². The highest BCUT2D eigenvalue weighted by Crippen LogP contribution is 2.16. The maximum atomic E-state index is 11.1. The minimum atomic E-state index is -0.224. The van der Waals surface area contributed by atoms with Gasteiger partial charge < -0.3 is 19.7 Å². The summed E-state index contributed by atoms with van der Waals surface area (Å²) in [5, 5.41) is 3.26. The van der Waals surface area contributed by atoms with Gasteiger partial charge in [-0.1, -0.05) is 0 Å². The van der Waals surface area contributed by atoms with E-state index < -0.39 is 0 Å². The number of nitrogens with one attached hydrogen (secondary N) is 1. The van der Waals surface area contributed by atoms with Gasteiger partial charge in [0.15, 0.2) is 5.96 Å². The van der Waals surface area contributed by atoms with Crippen LogP contribution in [0, 0.1) is 5.92 Å². The van der Waals surface area contributed by atoms with Gasteiger partial charge in [-0.3, -0.25) is 9.79 Å². The second-order valence-electron chi connectivity index (χ2n) is 4.62. The highest BCUT2D eigenvalue weighted by molar-refractivity contribution is 14.0. The predicted molar refractivity (Wildman–Crippen MR) is 89.6 cm³/mol. The third kappa shape index (κ3) is 6.74. The first kappa shape index (κ1) is 19.4. The molecule has 0 saturated carbocycles. The van der Waals surface area contributed by atoms with Crippen molar-refractivity contribution in [3.63, 3.8) is 0 Å². The number of hydrogen-bond donors (Lipinski definition) is 1. The molecule has 0 aliphatic carbocycles. The number of carbonyl (C=O) groups excluding carboxylic acids is 1. The molecule has 0 aromatic rings. The number of likely N-dealkylation sites (tertiary alicyclic amines) is 1. The van der Waals surface area contributed by atoms with Crippen LogP contribution in [0.1, 0.15) is 19.8 Å². The molecule has 1 heterocycles. The summed E-state index contributed by atoms with van der Waals surface area (Å²) in [4.78, 5) is 17.8. The van der Waals surface area contributed by atoms with Gasteiger partial charge in [-0.2, -0.15) is 0 Å². The Bertz CT molecular complexity index is 313. The molecule has 0 aromatic heterocycles. The van der Waals surface area contributed by atoms with Crippen LogP contribution in [0.3, 0.4) is 0 Å². The molecule has 6 nitrogen and oxygen atoms in total. The number of nitrogens with zero attached hydrogens (tertiary/aromatic N) is 2. The summed E-state index contributed by atoms with van der Waals surface area (Å²) >= 11 is 0. The Morgan fingerprint density at radius 1 is 1.45 bits per heavy atom. The maximum Gasteiger partial charge on any atom is 0.307 e. The van der Waals surface area contributed by atoms with E-state index >= 15 is 0 Å². The molecular weight excluding hydrogens is 373 g/mol. The zero-order chi connectivity index (χ0) is 14.1. The van der Waals surface area contributed by atoms with Gasteiger partial charge in [0.1, 0.15) is 0 Å². The highest BCUT2D eigenvalue weighted by atomic mass is 127. The van der Waals surface area contributed by atoms with E-state index in [1.54, 1.807) is 7.11 Å². The summed E-state index contributed by atoms with van der Waals surface area (Å²) in [6, 6.07) is 0. The van der Waals surface area contributed by atoms with Crippen LogP contribution in [0.15, 0.2) is 4.99 Å². The van der Waals surface area contributed by atoms with E-state index in [-0.39, 0.29) is 29.9 Å². The predicted octanol–water partition coefficient (Wildman–Crippen LogP) is 1.10.